The zero-order valence-corrected chi connectivity index (χ0v) is 12.3. The number of benzene rings is 1. The van der Waals surface area contributed by atoms with Crippen molar-refractivity contribution in [2.45, 2.75) is 39.4 Å². The van der Waals surface area contributed by atoms with Crippen LogP contribution < -0.4 is 5.32 Å². The van der Waals surface area contributed by atoms with Crippen LogP contribution in [0.4, 0.5) is 0 Å². The molecule has 0 aliphatic heterocycles. The summed E-state index contributed by atoms with van der Waals surface area (Å²) in [4.78, 5) is 0. The highest BCUT2D eigenvalue weighted by molar-refractivity contribution is 6.30. The topological polar surface area (TPSA) is 17.0 Å². The molecule has 1 aromatic heterocycles. The summed E-state index contributed by atoms with van der Waals surface area (Å²) in [5.41, 5.74) is 2.61. The third-order valence-electron chi connectivity index (χ3n) is 3.33. The molecule has 3 heteroatoms. The molecule has 1 N–H and O–H groups in total. The minimum Gasteiger partial charge on any atom is -0.351 e. The molecule has 1 aromatic carbocycles. The zero-order valence-electron chi connectivity index (χ0n) is 11.6. The Morgan fingerprint density at radius 2 is 2.11 bits per heavy atom. The summed E-state index contributed by atoms with van der Waals surface area (Å²) >= 11 is 6.00. The molecule has 0 aliphatic rings. The lowest BCUT2D eigenvalue weighted by molar-refractivity contribution is 0.527. The fourth-order valence-electron chi connectivity index (χ4n) is 2.29. The van der Waals surface area contributed by atoms with Crippen molar-refractivity contribution in [2.75, 3.05) is 0 Å². The summed E-state index contributed by atoms with van der Waals surface area (Å²) in [6.45, 7) is 6.30. The van der Waals surface area contributed by atoms with Crippen molar-refractivity contribution in [3.05, 3.63) is 58.9 Å². The summed E-state index contributed by atoms with van der Waals surface area (Å²) in [5.74, 6) is 0. The molecule has 0 saturated heterocycles. The molecule has 1 unspecified atom stereocenters. The van der Waals surface area contributed by atoms with Crippen LogP contribution in [-0.4, -0.2) is 10.6 Å². The van der Waals surface area contributed by atoms with E-state index in [9.17, 15) is 0 Å². The fourth-order valence-corrected chi connectivity index (χ4v) is 2.50. The summed E-state index contributed by atoms with van der Waals surface area (Å²) in [6.07, 6.45) is 3.12. The summed E-state index contributed by atoms with van der Waals surface area (Å²) < 4.78 is 2.26. The van der Waals surface area contributed by atoms with Crippen molar-refractivity contribution < 1.29 is 0 Å². The number of halogens is 1. The Morgan fingerprint density at radius 1 is 1.26 bits per heavy atom. The molecule has 0 fully saturated rings. The van der Waals surface area contributed by atoms with Gasteiger partial charge in [-0.3, -0.25) is 0 Å². The van der Waals surface area contributed by atoms with Gasteiger partial charge in [-0.2, -0.15) is 0 Å². The van der Waals surface area contributed by atoms with Crippen LogP contribution in [0.15, 0.2) is 42.6 Å². The van der Waals surface area contributed by atoms with Gasteiger partial charge in [0.25, 0.3) is 0 Å². The van der Waals surface area contributed by atoms with Gasteiger partial charge in [0.2, 0.25) is 0 Å². The molecule has 19 heavy (non-hydrogen) atoms. The molecule has 0 saturated carbocycles. The SMILES string of the molecule is CCn1cccc1CNC(C)Cc1cccc(Cl)c1. The van der Waals surface area contributed by atoms with Gasteiger partial charge in [0.05, 0.1) is 0 Å². The van der Waals surface area contributed by atoms with Gasteiger partial charge in [-0.15, -0.1) is 0 Å². The molecule has 2 rings (SSSR count). The van der Waals surface area contributed by atoms with Crippen LogP contribution in [0.2, 0.25) is 5.02 Å². The maximum Gasteiger partial charge on any atom is 0.0408 e. The predicted molar refractivity (Wildman–Crippen MR) is 81.6 cm³/mol. The number of rotatable bonds is 6. The summed E-state index contributed by atoms with van der Waals surface area (Å²) in [7, 11) is 0. The van der Waals surface area contributed by atoms with Crippen LogP contribution in [-0.2, 0) is 19.5 Å². The fraction of sp³-hybridized carbons (Fsp3) is 0.375. The van der Waals surface area contributed by atoms with Crippen molar-refractivity contribution in [3.8, 4) is 0 Å². The molecule has 102 valence electrons. The first kappa shape index (κ1) is 14.2. The van der Waals surface area contributed by atoms with E-state index in [4.69, 9.17) is 11.6 Å². The highest BCUT2D eigenvalue weighted by Crippen LogP contribution is 2.12. The Kier molecular flexibility index (Phi) is 5.06. The second-order valence-corrected chi connectivity index (χ2v) is 5.34. The molecular weight excluding hydrogens is 256 g/mol. The van der Waals surface area contributed by atoms with Crippen LogP contribution in [0.25, 0.3) is 0 Å². The monoisotopic (exact) mass is 276 g/mol. The van der Waals surface area contributed by atoms with Gasteiger partial charge < -0.3 is 9.88 Å². The Hall–Kier alpha value is -1.25. The van der Waals surface area contributed by atoms with Crippen molar-refractivity contribution in [2.24, 2.45) is 0 Å². The van der Waals surface area contributed by atoms with E-state index in [-0.39, 0.29) is 0 Å². The standard InChI is InChI=1S/C16H21ClN2/c1-3-19-9-5-8-16(19)12-18-13(2)10-14-6-4-7-15(17)11-14/h4-9,11,13,18H,3,10,12H2,1-2H3. The molecule has 0 aliphatic carbocycles. The van der Waals surface area contributed by atoms with Crippen LogP contribution in [0.3, 0.4) is 0 Å². The molecule has 0 radical (unpaired) electrons. The maximum absolute atomic E-state index is 6.00. The van der Waals surface area contributed by atoms with Crippen molar-refractivity contribution in [1.82, 2.24) is 9.88 Å². The second-order valence-electron chi connectivity index (χ2n) is 4.90. The number of nitrogens with one attached hydrogen (secondary N) is 1. The van der Waals surface area contributed by atoms with Gasteiger partial charge in [0.15, 0.2) is 0 Å². The molecule has 0 spiro atoms. The van der Waals surface area contributed by atoms with E-state index in [0.717, 1.165) is 24.5 Å². The van der Waals surface area contributed by atoms with E-state index >= 15 is 0 Å². The molecule has 1 atom stereocenters. The lowest BCUT2D eigenvalue weighted by atomic mass is 10.1. The zero-order chi connectivity index (χ0) is 13.7. The van der Waals surface area contributed by atoms with Crippen LogP contribution in [0.1, 0.15) is 25.1 Å². The Balaban J connectivity index is 1.86. The molecule has 1 heterocycles. The lowest BCUT2D eigenvalue weighted by Crippen LogP contribution is -2.28. The van der Waals surface area contributed by atoms with Gasteiger partial charge in [-0.1, -0.05) is 23.7 Å². The Morgan fingerprint density at radius 3 is 2.84 bits per heavy atom. The van der Waals surface area contributed by atoms with E-state index in [1.165, 1.54) is 11.3 Å². The number of hydrogen-bond donors (Lipinski definition) is 1. The minimum atomic E-state index is 0.429. The highest BCUT2D eigenvalue weighted by atomic mass is 35.5. The minimum absolute atomic E-state index is 0.429. The first-order valence-corrected chi connectivity index (χ1v) is 7.18. The van der Waals surface area contributed by atoms with Gasteiger partial charge in [0, 0.05) is 36.0 Å². The van der Waals surface area contributed by atoms with Gasteiger partial charge in [-0.05, 0) is 50.1 Å². The third-order valence-corrected chi connectivity index (χ3v) is 3.56. The summed E-state index contributed by atoms with van der Waals surface area (Å²) in [6, 6.07) is 12.8. The largest absolute Gasteiger partial charge is 0.351 e. The normalized spacial score (nSPS) is 12.6. The van der Waals surface area contributed by atoms with Crippen LogP contribution in [0, 0.1) is 0 Å². The predicted octanol–water partition coefficient (Wildman–Crippen LogP) is 3.88. The number of nitrogens with zero attached hydrogens (tertiary/aromatic N) is 1. The molecule has 2 aromatic rings. The Bertz CT molecular complexity index is 519. The first-order chi connectivity index (χ1) is 9.19. The van der Waals surface area contributed by atoms with E-state index in [0.29, 0.717) is 6.04 Å². The van der Waals surface area contributed by atoms with Gasteiger partial charge in [-0.25, -0.2) is 0 Å². The van der Waals surface area contributed by atoms with Crippen LogP contribution >= 0.6 is 11.6 Å². The van der Waals surface area contributed by atoms with E-state index in [1.54, 1.807) is 0 Å². The van der Waals surface area contributed by atoms with Crippen molar-refractivity contribution in [3.63, 3.8) is 0 Å². The van der Waals surface area contributed by atoms with Gasteiger partial charge >= 0.3 is 0 Å². The van der Waals surface area contributed by atoms with Gasteiger partial charge in [0.1, 0.15) is 0 Å². The van der Waals surface area contributed by atoms with E-state index in [1.807, 2.05) is 18.2 Å². The number of hydrogen-bond acceptors (Lipinski definition) is 1. The maximum atomic E-state index is 6.00. The van der Waals surface area contributed by atoms with Crippen LogP contribution in [0.5, 0.6) is 0 Å². The lowest BCUT2D eigenvalue weighted by Gasteiger charge is -2.15. The van der Waals surface area contributed by atoms with Crippen molar-refractivity contribution in [1.29, 1.82) is 0 Å². The summed E-state index contributed by atoms with van der Waals surface area (Å²) in [5, 5.41) is 4.37. The van der Waals surface area contributed by atoms with E-state index in [2.05, 4.69) is 48.1 Å². The van der Waals surface area contributed by atoms with Crippen molar-refractivity contribution >= 4 is 11.6 Å². The average molecular weight is 277 g/mol. The quantitative estimate of drug-likeness (QED) is 0.847. The Labute approximate surface area is 120 Å². The smallest absolute Gasteiger partial charge is 0.0408 e. The highest BCUT2D eigenvalue weighted by Gasteiger charge is 2.05. The molecule has 0 amide bonds. The molecule has 2 nitrogen and oxygen atoms in total. The third kappa shape index (κ3) is 4.12. The van der Waals surface area contributed by atoms with E-state index < -0.39 is 0 Å². The molecular formula is C16H21ClN2. The molecule has 0 bridgehead atoms. The average Bonchev–Trinajstić information content (AvgIpc) is 2.83. The second kappa shape index (κ2) is 6.78. The first-order valence-electron chi connectivity index (χ1n) is 6.81. The number of aromatic nitrogens is 1. The number of aryl methyl sites for hydroxylation is 1.